The topological polar surface area (TPSA) is 82.0 Å². The minimum atomic E-state index is -1.18. The summed E-state index contributed by atoms with van der Waals surface area (Å²) in [6.45, 7) is -0.134. The summed E-state index contributed by atoms with van der Waals surface area (Å²) in [5.41, 5.74) is 0. The van der Waals surface area contributed by atoms with Crippen molar-refractivity contribution in [2.75, 3.05) is 13.2 Å². The summed E-state index contributed by atoms with van der Waals surface area (Å²) in [4.78, 5) is 0. The maximum Gasteiger partial charge on any atom is 0.257 e. The van der Waals surface area contributed by atoms with E-state index < -0.39 is 24.9 Å². The lowest BCUT2D eigenvalue weighted by Crippen LogP contribution is -2.41. The van der Waals surface area contributed by atoms with Gasteiger partial charge in [-0.05, 0) is 12.2 Å². The fourth-order valence-electron chi connectivity index (χ4n) is 0.951. The first-order chi connectivity index (χ1) is 5.65. The number of ether oxygens (including phenoxy) is 1. The third-order valence-corrected chi connectivity index (χ3v) is 1.91. The number of hydrogen-bond acceptors (Lipinski definition) is 5. The van der Waals surface area contributed by atoms with Crippen LogP contribution in [-0.4, -0.2) is 52.0 Å². The fourth-order valence-corrected chi connectivity index (χ4v) is 1.16. The number of hydrogen-bond donors (Lipinski definition) is 4. The van der Waals surface area contributed by atoms with Crippen molar-refractivity contribution < 1.29 is 20.1 Å². The van der Waals surface area contributed by atoms with Gasteiger partial charge >= 0.3 is 0 Å². The van der Waals surface area contributed by atoms with E-state index >= 15 is 0 Å². The van der Waals surface area contributed by atoms with E-state index in [0.717, 1.165) is 0 Å². The number of thiocarbonyl (C=S) groups is 1. The summed E-state index contributed by atoms with van der Waals surface area (Å²) in [6, 6.07) is 0. The summed E-state index contributed by atoms with van der Waals surface area (Å²) in [7, 11) is 0. The predicted octanol–water partition coefficient (Wildman–Crippen LogP) is -2.03. The van der Waals surface area contributed by atoms with Gasteiger partial charge in [0.05, 0.1) is 13.2 Å². The highest BCUT2D eigenvalue weighted by Gasteiger charge is 2.31. The Bertz CT molecular complexity index is 177. The maximum atomic E-state index is 9.30. The molecule has 0 aromatic carbocycles. The van der Waals surface area contributed by atoms with Crippen LogP contribution in [0.2, 0.25) is 0 Å². The van der Waals surface area contributed by atoms with Crippen molar-refractivity contribution in [2.24, 2.45) is 0 Å². The van der Waals surface area contributed by atoms with Crippen LogP contribution >= 0.6 is 12.2 Å². The van der Waals surface area contributed by atoms with E-state index in [4.69, 9.17) is 14.9 Å². The van der Waals surface area contributed by atoms with Crippen LogP contribution in [0.4, 0.5) is 0 Å². The van der Waals surface area contributed by atoms with Crippen LogP contribution in [0.5, 0.6) is 0 Å². The van der Waals surface area contributed by atoms with Crippen molar-refractivity contribution in [3.05, 3.63) is 0 Å². The zero-order valence-corrected chi connectivity index (χ0v) is 7.12. The number of nitrogens with one attached hydrogen (secondary N) is 1. The number of aliphatic hydroxyl groups is 3. The summed E-state index contributed by atoms with van der Waals surface area (Å²) >= 11 is 4.65. The molecule has 0 radical (unpaired) electrons. The predicted molar refractivity (Wildman–Crippen MR) is 44.6 cm³/mol. The second-order valence-electron chi connectivity index (χ2n) is 2.57. The van der Waals surface area contributed by atoms with Crippen LogP contribution in [0, 0.1) is 0 Å². The van der Waals surface area contributed by atoms with Crippen LogP contribution < -0.4 is 5.32 Å². The first-order valence-electron chi connectivity index (χ1n) is 3.56. The number of aliphatic hydroxyl groups excluding tert-OH is 3. The Hall–Kier alpha value is -0.430. The molecule has 0 aromatic rings. The molecule has 70 valence electrons. The molecule has 3 atom stereocenters. The van der Waals surface area contributed by atoms with Crippen LogP contribution in [0.1, 0.15) is 0 Å². The molecule has 5 nitrogen and oxygen atoms in total. The molecule has 1 aliphatic heterocycles. The Balaban J connectivity index is 2.42. The van der Waals surface area contributed by atoms with E-state index in [9.17, 15) is 5.11 Å². The molecule has 3 unspecified atom stereocenters. The van der Waals surface area contributed by atoms with E-state index in [1.165, 1.54) is 0 Å². The van der Waals surface area contributed by atoms with Gasteiger partial charge in [0.25, 0.3) is 5.17 Å². The minimum Gasteiger partial charge on any atom is -0.463 e. The highest BCUT2D eigenvalue weighted by molar-refractivity contribution is 7.80. The zero-order chi connectivity index (χ0) is 9.14. The van der Waals surface area contributed by atoms with Crippen molar-refractivity contribution >= 4 is 17.4 Å². The molecular weight excluding hydrogens is 182 g/mol. The first-order valence-corrected chi connectivity index (χ1v) is 3.97. The zero-order valence-electron chi connectivity index (χ0n) is 6.30. The molecule has 0 spiro atoms. The Morgan fingerprint density at radius 1 is 1.67 bits per heavy atom. The third kappa shape index (κ3) is 2.04. The van der Waals surface area contributed by atoms with E-state index in [1.54, 1.807) is 0 Å². The number of rotatable bonds is 3. The third-order valence-electron chi connectivity index (χ3n) is 1.67. The molecule has 0 bridgehead atoms. The molecule has 1 saturated heterocycles. The maximum absolute atomic E-state index is 9.30. The molecule has 0 aliphatic carbocycles. The van der Waals surface area contributed by atoms with E-state index in [1.807, 2.05) is 0 Å². The molecular formula is C6H11NO4S. The van der Waals surface area contributed by atoms with E-state index in [0.29, 0.717) is 6.54 Å². The molecule has 12 heavy (non-hydrogen) atoms. The van der Waals surface area contributed by atoms with Gasteiger partial charge in [-0.1, -0.05) is 0 Å². The van der Waals surface area contributed by atoms with Crippen molar-refractivity contribution in [3.63, 3.8) is 0 Å². The highest BCUT2D eigenvalue weighted by Crippen LogP contribution is 2.08. The lowest BCUT2D eigenvalue weighted by atomic mass is 10.1. The Morgan fingerprint density at radius 3 is 2.75 bits per heavy atom. The summed E-state index contributed by atoms with van der Waals surface area (Å²) in [6.07, 6.45) is -2.86. The Morgan fingerprint density at radius 2 is 2.33 bits per heavy atom. The molecule has 1 heterocycles. The van der Waals surface area contributed by atoms with Crippen molar-refractivity contribution in [1.82, 2.24) is 5.32 Å². The van der Waals surface area contributed by atoms with Crippen LogP contribution in [0.25, 0.3) is 0 Å². The second-order valence-corrected chi connectivity index (χ2v) is 2.94. The van der Waals surface area contributed by atoms with E-state index in [-0.39, 0.29) is 5.17 Å². The van der Waals surface area contributed by atoms with Gasteiger partial charge in [0.15, 0.2) is 0 Å². The molecule has 1 fully saturated rings. The molecule has 0 amide bonds. The lowest BCUT2D eigenvalue weighted by molar-refractivity contribution is -0.0612. The van der Waals surface area contributed by atoms with Gasteiger partial charge in [-0.2, -0.15) is 0 Å². The quantitative estimate of drug-likeness (QED) is 0.387. The Labute approximate surface area is 75.0 Å². The molecule has 6 heteroatoms. The monoisotopic (exact) mass is 193 g/mol. The minimum absolute atomic E-state index is 0.212. The SMILES string of the molecule is OCC(O)C(O)C1CNC(=S)O1. The summed E-state index contributed by atoms with van der Waals surface area (Å²) < 4.78 is 4.95. The van der Waals surface area contributed by atoms with Crippen molar-refractivity contribution in [3.8, 4) is 0 Å². The van der Waals surface area contributed by atoms with Crippen molar-refractivity contribution in [1.29, 1.82) is 0 Å². The van der Waals surface area contributed by atoms with Gasteiger partial charge in [0.2, 0.25) is 0 Å². The molecule has 1 rings (SSSR count). The molecule has 1 aliphatic rings. The molecule has 0 saturated carbocycles. The summed E-state index contributed by atoms with van der Waals surface area (Å²) in [5.74, 6) is 0. The van der Waals surface area contributed by atoms with Gasteiger partial charge < -0.3 is 25.4 Å². The molecule has 4 N–H and O–H groups in total. The van der Waals surface area contributed by atoms with Gasteiger partial charge in [-0.15, -0.1) is 0 Å². The highest BCUT2D eigenvalue weighted by atomic mass is 32.1. The van der Waals surface area contributed by atoms with Gasteiger partial charge in [-0.25, -0.2) is 0 Å². The fraction of sp³-hybridized carbons (Fsp3) is 0.833. The standard InChI is InChI=1S/C6H11NO4S/c8-2-3(9)5(10)4-1-7-6(12)11-4/h3-5,8-10H,1-2H2,(H,7,12). The van der Waals surface area contributed by atoms with E-state index in [2.05, 4.69) is 17.5 Å². The molecule has 0 aromatic heterocycles. The second kappa shape index (κ2) is 3.99. The van der Waals surface area contributed by atoms with Crippen molar-refractivity contribution in [2.45, 2.75) is 18.3 Å². The van der Waals surface area contributed by atoms with Crippen LogP contribution in [0.3, 0.4) is 0 Å². The normalized spacial score (nSPS) is 27.6. The smallest absolute Gasteiger partial charge is 0.257 e. The van der Waals surface area contributed by atoms with Crippen LogP contribution in [0.15, 0.2) is 0 Å². The average molecular weight is 193 g/mol. The Kier molecular flexibility index (Phi) is 3.21. The van der Waals surface area contributed by atoms with Gasteiger partial charge in [0.1, 0.15) is 18.3 Å². The average Bonchev–Trinajstić information content (AvgIpc) is 2.49. The first kappa shape index (κ1) is 9.66. The van der Waals surface area contributed by atoms with Crippen LogP contribution in [-0.2, 0) is 4.74 Å². The lowest BCUT2D eigenvalue weighted by Gasteiger charge is -2.19. The van der Waals surface area contributed by atoms with Gasteiger partial charge in [-0.3, -0.25) is 0 Å². The van der Waals surface area contributed by atoms with Gasteiger partial charge in [0, 0.05) is 0 Å². The largest absolute Gasteiger partial charge is 0.463 e. The summed E-state index contributed by atoms with van der Waals surface area (Å²) in [5, 5.41) is 29.7.